The molecule has 0 saturated heterocycles. The monoisotopic (exact) mass is 156 g/mol. The largest absolute Gasteiger partial charge is 0.479 e. The van der Waals surface area contributed by atoms with E-state index in [4.69, 9.17) is 15.3 Å². The Bertz CT molecular complexity index is 126. The Labute approximate surface area is 54.7 Å². The van der Waals surface area contributed by atoms with Gasteiger partial charge in [-0.05, 0) is 0 Å². The van der Waals surface area contributed by atoms with Crippen molar-refractivity contribution in [2.45, 2.75) is 18.6 Å². The molecular formula is C4H6F2O4. The number of rotatable bonds is 3. The van der Waals surface area contributed by atoms with E-state index in [2.05, 4.69) is 0 Å². The average Bonchev–Trinajstić information content (AvgIpc) is 1.84. The van der Waals surface area contributed by atoms with Crippen LogP contribution >= 0.6 is 0 Å². The fourth-order valence-electron chi connectivity index (χ4n) is 0.284. The van der Waals surface area contributed by atoms with Gasteiger partial charge in [-0.25, -0.2) is 13.6 Å². The molecule has 0 aromatic rings. The van der Waals surface area contributed by atoms with Crippen LogP contribution in [-0.2, 0) is 4.79 Å². The molecule has 0 amide bonds. The molecule has 0 heterocycles. The summed E-state index contributed by atoms with van der Waals surface area (Å²) in [6.07, 6.45) is -8.18. The summed E-state index contributed by atoms with van der Waals surface area (Å²) in [4.78, 5) is 9.70. The van der Waals surface area contributed by atoms with Crippen LogP contribution in [0.1, 0.15) is 0 Å². The number of carboxylic acid groups (broad SMARTS) is 1. The molecule has 0 aliphatic carbocycles. The molecule has 0 aliphatic heterocycles. The molecule has 0 spiro atoms. The molecule has 6 heteroatoms. The van der Waals surface area contributed by atoms with E-state index in [-0.39, 0.29) is 0 Å². The Morgan fingerprint density at radius 3 is 1.80 bits per heavy atom. The number of carbonyl (C=O) groups is 1. The van der Waals surface area contributed by atoms with Gasteiger partial charge in [-0.3, -0.25) is 0 Å². The van der Waals surface area contributed by atoms with E-state index in [1.165, 1.54) is 0 Å². The van der Waals surface area contributed by atoms with Crippen LogP contribution in [0.5, 0.6) is 0 Å². The molecule has 0 aromatic heterocycles. The number of alkyl halides is 2. The summed E-state index contributed by atoms with van der Waals surface area (Å²) in [5, 5.41) is 24.3. The van der Waals surface area contributed by atoms with Gasteiger partial charge < -0.3 is 15.3 Å². The van der Waals surface area contributed by atoms with E-state index in [9.17, 15) is 13.6 Å². The van der Waals surface area contributed by atoms with Crippen LogP contribution in [0.4, 0.5) is 8.78 Å². The van der Waals surface area contributed by atoms with Crippen molar-refractivity contribution in [1.82, 2.24) is 0 Å². The predicted molar refractivity (Wildman–Crippen MR) is 25.7 cm³/mol. The van der Waals surface area contributed by atoms with Gasteiger partial charge in [-0.1, -0.05) is 0 Å². The van der Waals surface area contributed by atoms with Crippen LogP contribution in [0.15, 0.2) is 0 Å². The van der Waals surface area contributed by atoms with Crippen LogP contribution in [0.25, 0.3) is 0 Å². The van der Waals surface area contributed by atoms with Gasteiger partial charge in [0.2, 0.25) is 0 Å². The second-order valence-corrected chi connectivity index (χ2v) is 1.61. The molecule has 0 unspecified atom stereocenters. The van der Waals surface area contributed by atoms with Crippen molar-refractivity contribution in [2.24, 2.45) is 0 Å². The Morgan fingerprint density at radius 2 is 1.70 bits per heavy atom. The number of hydrogen-bond acceptors (Lipinski definition) is 3. The number of hydrogen-bond donors (Lipinski definition) is 3. The van der Waals surface area contributed by atoms with Gasteiger partial charge in [-0.2, -0.15) is 0 Å². The molecule has 0 fully saturated rings. The number of aliphatic hydroxyl groups excluding tert-OH is 2. The molecule has 0 saturated carbocycles. The molecule has 60 valence electrons. The van der Waals surface area contributed by atoms with E-state index in [0.29, 0.717) is 0 Å². The quantitative estimate of drug-likeness (QED) is 0.492. The third kappa shape index (κ3) is 2.24. The van der Waals surface area contributed by atoms with E-state index >= 15 is 0 Å². The summed E-state index contributed by atoms with van der Waals surface area (Å²) < 4.78 is 22.7. The number of aliphatic carboxylic acids is 1. The lowest BCUT2D eigenvalue weighted by Gasteiger charge is -2.11. The van der Waals surface area contributed by atoms with E-state index in [1.807, 2.05) is 0 Å². The van der Waals surface area contributed by atoms with E-state index in [0.717, 1.165) is 0 Å². The Kier molecular flexibility index (Phi) is 3.17. The maximum absolute atomic E-state index is 11.4. The van der Waals surface area contributed by atoms with E-state index in [1.54, 1.807) is 0 Å². The maximum Gasteiger partial charge on any atom is 0.335 e. The first-order chi connectivity index (χ1) is 4.46. The molecule has 4 nitrogen and oxygen atoms in total. The van der Waals surface area contributed by atoms with Crippen molar-refractivity contribution in [1.29, 1.82) is 0 Å². The number of carboxylic acids is 1. The Balaban J connectivity index is 3.94. The van der Waals surface area contributed by atoms with Gasteiger partial charge in [0, 0.05) is 0 Å². The van der Waals surface area contributed by atoms with Gasteiger partial charge >= 0.3 is 5.97 Å². The standard InChI is InChI=1S/C4H6F2O4/c5-3(6)1(7)2(8)4(9)10/h1-3,7-8H,(H,9,10)/t1-,2+/m1/s1. The fraction of sp³-hybridized carbons (Fsp3) is 0.750. The average molecular weight is 156 g/mol. The highest BCUT2D eigenvalue weighted by Crippen LogP contribution is 2.04. The van der Waals surface area contributed by atoms with Crippen molar-refractivity contribution in [3.63, 3.8) is 0 Å². The lowest BCUT2D eigenvalue weighted by Crippen LogP contribution is -2.38. The molecule has 10 heavy (non-hydrogen) atoms. The van der Waals surface area contributed by atoms with Crippen molar-refractivity contribution < 1.29 is 28.9 Å². The fourth-order valence-corrected chi connectivity index (χ4v) is 0.284. The highest BCUT2D eigenvalue weighted by Gasteiger charge is 2.30. The zero-order valence-electron chi connectivity index (χ0n) is 4.74. The van der Waals surface area contributed by atoms with Crippen LogP contribution < -0.4 is 0 Å². The van der Waals surface area contributed by atoms with Gasteiger partial charge in [0.15, 0.2) is 12.2 Å². The van der Waals surface area contributed by atoms with Crippen molar-refractivity contribution in [2.75, 3.05) is 0 Å². The molecule has 0 rings (SSSR count). The predicted octanol–water partition coefficient (Wildman–Crippen LogP) is -0.942. The van der Waals surface area contributed by atoms with Gasteiger partial charge in [0.25, 0.3) is 6.43 Å². The minimum atomic E-state index is -3.24. The zero-order valence-corrected chi connectivity index (χ0v) is 4.74. The molecule has 0 bridgehead atoms. The molecule has 0 aliphatic rings. The van der Waals surface area contributed by atoms with Crippen molar-refractivity contribution >= 4 is 5.97 Å². The first-order valence-electron chi connectivity index (χ1n) is 2.34. The molecular weight excluding hydrogens is 150 g/mol. The minimum Gasteiger partial charge on any atom is -0.479 e. The molecule has 0 radical (unpaired) electrons. The summed E-state index contributed by atoms with van der Waals surface area (Å²) in [5.41, 5.74) is 0. The lowest BCUT2D eigenvalue weighted by molar-refractivity contribution is -0.160. The highest BCUT2D eigenvalue weighted by atomic mass is 19.3. The summed E-state index contributed by atoms with van der Waals surface area (Å²) in [7, 11) is 0. The number of halogens is 2. The highest BCUT2D eigenvalue weighted by molar-refractivity contribution is 5.72. The second-order valence-electron chi connectivity index (χ2n) is 1.61. The topological polar surface area (TPSA) is 77.8 Å². The van der Waals surface area contributed by atoms with Crippen molar-refractivity contribution in [3.8, 4) is 0 Å². The second kappa shape index (κ2) is 3.43. The van der Waals surface area contributed by atoms with Gasteiger partial charge in [-0.15, -0.1) is 0 Å². The normalized spacial score (nSPS) is 16.9. The summed E-state index contributed by atoms with van der Waals surface area (Å²) >= 11 is 0. The van der Waals surface area contributed by atoms with Crippen LogP contribution in [0.2, 0.25) is 0 Å². The SMILES string of the molecule is O=C(O)[C@@H](O)[C@@H](O)C(F)F. The van der Waals surface area contributed by atoms with Gasteiger partial charge in [0.05, 0.1) is 0 Å². The first kappa shape index (κ1) is 9.25. The Morgan fingerprint density at radius 1 is 1.30 bits per heavy atom. The third-order valence-corrected chi connectivity index (χ3v) is 0.835. The van der Waals surface area contributed by atoms with Crippen molar-refractivity contribution in [3.05, 3.63) is 0 Å². The van der Waals surface area contributed by atoms with Gasteiger partial charge in [0.1, 0.15) is 0 Å². The van der Waals surface area contributed by atoms with Crippen LogP contribution in [-0.4, -0.2) is 39.9 Å². The summed E-state index contributed by atoms with van der Waals surface area (Å²) in [6, 6.07) is 0. The van der Waals surface area contributed by atoms with E-state index < -0.39 is 24.6 Å². The zero-order chi connectivity index (χ0) is 8.31. The molecule has 0 aromatic carbocycles. The maximum atomic E-state index is 11.4. The third-order valence-electron chi connectivity index (χ3n) is 0.835. The minimum absolute atomic E-state index is 1.87. The summed E-state index contributed by atoms with van der Waals surface area (Å²) in [6.45, 7) is 0. The van der Waals surface area contributed by atoms with Crippen LogP contribution in [0.3, 0.4) is 0 Å². The smallest absolute Gasteiger partial charge is 0.335 e. The number of aliphatic hydroxyl groups is 2. The lowest BCUT2D eigenvalue weighted by atomic mass is 10.2. The molecule has 2 atom stereocenters. The summed E-state index contributed by atoms with van der Waals surface area (Å²) in [5.74, 6) is -1.87. The van der Waals surface area contributed by atoms with Crippen LogP contribution in [0, 0.1) is 0 Å². The first-order valence-corrected chi connectivity index (χ1v) is 2.34. The Hall–Kier alpha value is -0.750. The molecule has 3 N–H and O–H groups in total.